The first-order valence-corrected chi connectivity index (χ1v) is 11.5. The van der Waals surface area contributed by atoms with Crippen LogP contribution in [0.4, 0.5) is 5.13 Å². The van der Waals surface area contributed by atoms with Gasteiger partial charge in [-0.05, 0) is 42.5 Å². The molecule has 0 spiro atoms. The maximum absolute atomic E-state index is 13.0. The van der Waals surface area contributed by atoms with Gasteiger partial charge in [0.05, 0.1) is 22.5 Å². The largest absolute Gasteiger partial charge is 0.349 e. The Labute approximate surface area is 189 Å². The number of nitrogens with one attached hydrogen (secondary N) is 2. The van der Waals surface area contributed by atoms with Crippen LogP contribution in [0.25, 0.3) is 0 Å². The molecule has 0 bridgehead atoms. The summed E-state index contributed by atoms with van der Waals surface area (Å²) in [6.07, 6.45) is 6.59. The number of aryl methyl sites for hydroxylation is 1. The lowest BCUT2D eigenvalue weighted by atomic mass is 9.86. The van der Waals surface area contributed by atoms with Crippen molar-refractivity contribution < 1.29 is 14.4 Å². The summed E-state index contributed by atoms with van der Waals surface area (Å²) in [5.74, 6) is -0.968. The van der Waals surface area contributed by atoms with Crippen molar-refractivity contribution in [1.82, 2.24) is 15.3 Å². The minimum Gasteiger partial charge on any atom is -0.349 e. The fraction of sp³-hybridized carbons (Fsp3) is 0.292. The average Bonchev–Trinajstić information content (AvgIpc) is 3.23. The van der Waals surface area contributed by atoms with Crippen LogP contribution in [0.15, 0.2) is 48.8 Å². The van der Waals surface area contributed by atoms with Gasteiger partial charge < -0.3 is 5.32 Å². The predicted molar refractivity (Wildman–Crippen MR) is 121 cm³/mol. The smallest absolute Gasteiger partial charge is 0.257 e. The van der Waals surface area contributed by atoms with E-state index in [1.54, 1.807) is 24.5 Å². The van der Waals surface area contributed by atoms with Gasteiger partial charge in [-0.3, -0.25) is 24.7 Å². The van der Waals surface area contributed by atoms with E-state index in [-0.39, 0.29) is 30.1 Å². The molecule has 2 aliphatic rings. The first-order valence-electron chi connectivity index (χ1n) is 10.7. The highest BCUT2D eigenvalue weighted by Crippen LogP contribution is 2.34. The van der Waals surface area contributed by atoms with Crippen LogP contribution in [0, 0.1) is 5.92 Å². The van der Waals surface area contributed by atoms with Gasteiger partial charge in [0.2, 0.25) is 5.91 Å². The number of thiazole rings is 1. The highest BCUT2D eigenvalue weighted by atomic mass is 32.1. The maximum Gasteiger partial charge on any atom is 0.257 e. The number of nitrogens with zero attached hydrogens (tertiary/aromatic N) is 2. The molecule has 3 aromatic rings. The monoisotopic (exact) mass is 446 g/mol. The van der Waals surface area contributed by atoms with E-state index in [1.165, 1.54) is 22.5 Å². The summed E-state index contributed by atoms with van der Waals surface area (Å²) in [6.45, 7) is 0. The van der Waals surface area contributed by atoms with Crippen LogP contribution < -0.4 is 10.6 Å². The Bertz CT molecular complexity index is 1190. The number of amides is 2. The van der Waals surface area contributed by atoms with Crippen LogP contribution in [0.1, 0.15) is 62.2 Å². The molecule has 2 unspecified atom stereocenters. The number of aromatic nitrogens is 2. The molecule has 162 valence electrons. The Morgan fingerprint density at radius 1 is 1.06 bits per heavy atom. The van der Waals surface area contributed by atoms with Crippen molar-refractivity contribution in [2.24, 2.45) is 5.92 Å². The van der Waals surface area contributed by atoms with Gasteiger partial charge in [-0.2, -0.15) is 0 Å². The standard InChI is InChI=1S/C24H22N4O3S/c29-20-13-16(23(31)26-18-7-3-5-14-4-1-2-6-17(14)18)12-19-21(20)32-24(27-19)28-22(30)15-8-10-25-11-9-15/h1-2,4,6,8-11,16,18H,3,5,7,12-13H2,(H,26,31)(H,27,28,30). The van der Waals surface area contributed by atoms with Gasteiger partial charge in [-0.25, -0.2) is 4.98 Å². The lowest BCUT2D eigenvalue weighted by molar-refractivity contribution is -0.126. The topological polar surface area (TPSA) is 101 Å². The number of hydrogen-bond donors (Lipinski definition) is 2. The third kappa shape index (κ3) is 4.05. The lowest BCUT2D eigenvalue weighted by Crippen LogP contribution is -2.38. The molecule has 8 heteroatoms. The van der Waals surface area contributed by atoms with E-state index in [4.69, 9.17) is 0 Å². The fourth-order valence-corrected chi connectivity index (χ4v) is 5.37. The van der Waals surface area contributed by atoms with Crippen LogP contribution in [-0.4, -0.2) is 27.6 Å². The quantitative estimate of drug-likeness (QED) is 0.636. The molecule has 0 radical (unpaired) electrons. The number of rotatable bonds is 4. The summed E-state index contributed by atoms with van der Waals surface area (Å²) in [6, 6.07) is 11.4. The van der Waals surface area contributed by atoms with Gasteiger partial charge in [0.25, 0.3) is 5.91 Å². The van der Waals surface area contributed by atoms with Crippen molar-refractivity contribution in [3.8, 4) is 0 Å². The highest BCUT2D eigenvalue weighted by Gasteiger charge is 2.34. The number of ketones is 1. The summed E-state index contributed by atoms with van der Waals surface area (Å²) >= 11 is 1.17. The van der Waals surface area contributed by atoms with E-state index in [0.29, 0.717) is 27.7 Å². The highest BCUT2D eigenvalue weighted by molar-refractivity contribution is 7.17. The zero-order valence-corrected chi connectivity index (χ0v) is 18.2. The van der Waals surface area contributed by atoms with Crippen LogP contribution in [0.3, 0.4) is 0 Å². The number of pyridine rings is 1. The first-order chi connectivity index (χ1) is 15.6. The molecule has 1 aromatic carbocycles. The van der Waals surface area contributed by atoms with E-state index in [0.717, 1.165) is 19.3 Å². The minimum absolute atomic E-state index is 0.0189. The number of carbonyl (C=O) groups is 3. The average molecular weight is 447 g/mol. The second-order valence-electron chi connectivity index (χ2n) is 8.17. The summed E-state index contributed by atoms with van der Waals surface area (Å²) in [4.78, 5) is 47.0. The molecule has 2 heterocycles. The second-order valence-corrected chi connectivity index (χ2v) is 9.16. The summed E-state index contributed by atoms with van der Waals surface area (Å²) in [7, 11) is 0. The van der Waals surface area contributed by atoms with E-state index in [9.17, 15) is 14.4 Å². The van der Waals surface area contributed by atoms with E-state index < -0.39 is 5.92 Å². The summed E-state index contributed by atoms with van der Waals surface area (Å²) in [5.41, 5.74) is 3.50. The number of anilines is 1. The lowest BCUT2D eigenvalue weighted by Gasteiger charge is -2.28. The molecule has 32 heavy (non-hydrogen) atoms. The minimum atomic E-state index is -0.449. The molecule has 2 aromatic heterocycles. The van der Waals surface area contributed by atoms with E-state index in [1.807, 2.05) is 12.1 Å². The third-order valence-corrected chi connectivity index (χ3v) is 7.10. The van der Waals surface area contributed by atoms with Gasteiger partial charge in [-0.15, -0.1) is 0 Å². The zero-order chi connectivity index (χ0) is 22.1. The third-order valence-electron chi connectivity index (χ3n) is 6.04. The molecule has 0 fully saturated rings. The van der Waals surface area contributed by atoms with Gasteiger partial charge in [0.15, 0.2) is 10.9 Å². The van der Waals surface area contributed by atoms with Gasteiger partial charge in [0, 0.05) is 30.8 Å². The Kier molecular flexibility index (Phi) is 5.53. The van der Waals surface area contributed by atoms with Gasteiger partial charge in [-0.1, -0.05) is 35.6 Å². The number of hydrogen-bond acceptors (Lipinski definition) is 6. The van der Waals surface area contributed by atoms with Crippen LogP contribution >= 0.6 is 11.3 Å². The molecule has 0 saturated carbocycles. The maximum atomic E-state index is 13.0. The molecule has 7 nitrogen and oxygen atoms in total. The predicted octanol–water partition coefficient (Wildman–Crippen LogP) is 3.73. The molecule has 2 amide bonds. The van der Waals surface area contributed by atoms with Gasteiger partial charge >= 0.3 is 0 Å². The Morgan fingerprint density at radius 2 is 1.88 bits per heavy atom. The zero-order valence-electron chi connectivity index (χ0n) is 17.3. The number of Topliss-reactive ketones (excluding diaryl/α,β-unsaturated/α-hetero) is 1. The number of benzene rings is 1. The van der Waals surface area contributed by atoms with Crippen molar-refractivity contribution >= 4 is 34.1 Å². The molecule has 2 aliphatic carbocycles. The van der Waals surface area contributed by atoms with Crippen molar-refractivity contribution in [2.45, 2.75) is 38.1 Å². The molecule has 0 saturated heterocycles. The van der Waals surface area contributed by atoms with E-state index >= 15 is 0 Å². The second kappa shape index (κ2) is 8.63. The van der Waals surface area contributed by atoms with Crippen molar-refractivity contribution in [2.75, 3.05) is 5.32 Å². The molecule has 5 rings (SSSR count). The van der Waals surface area contributed by atoms with E-state index in [2.05, 4.69) is 32.7 Å². The van der Waals surface area contributed by atoms with Crippen LogP contribution in [0.2, 0.25) is 0 Å². The normalized spacial score (nSPS) is 19.6. The number of fused-ring (bicyclic) bond motifs is 2. The molecule has 2 atom stereocenters. The number of carbonyl (C=O) groups excluding carboxylic acids is 3. The summed E-state index contributed by atoms with van der Waals surface area (Å²) < 4.78 is 0. The Morgan fingerprint density at radius 3 is 2.72 bits per heavy atom. The fourth-order valence-electron chi connectivity index (χ4n) is 4.43. The molecule has 2 N–H and O–H groups in total. The molecule has 0 aliphatic heterocycles. The van der Waals surface area contributed by atoms with Gasteiger partial charge in [0.1, 0.15) is 0 Å². The summed E-state index contributed by atoms with van der Waals surface area (Å²) in [5, 5.41) is 6.28. The Balaban J connectivity index is 1.28. The molecular formula is C24H22N4O3S. The van der Waals surface area contributed by atoms with Crippen molar-refractivity contribution in [3.05, 3.63) is 76.1 Å². The van der Waals surface area contributed by atoms with Crippen LogP contribution in [-0.2, 0) is 17.6 Å². The SMILES string of the molecule is O=C(Nc1nc2c(s1)C(=O)CC(C(=O)NC1CCCc3ccccc31)C2)c1ccncc1. The first kappa shape index (κ1) is 20.5. The molecular weight excluding hydrogens is 424 g/mol. The van der Waals surface area contributed by atoms with Crippen molar-refractivity contribution in [1.29, 1.82) is 0 Å². The Hall–Kier alpha value is -3.39. The van der Waals surface area contributed by atoms with Crippen LogP contribution in [0.5, 0.6) is 0 Å². The van der Waals surface area contributed by atoms with Crippen molar-refractivity contribution in [3.63, 3.8) is 0 Å².